The Morgan fingerprint density at radius 2 is 1.79 bits per heavy atom. The summed E-state index contributed by atoms with van der Waals surface area (Å²) in [7, 11) is 0. The quantitative estimate of drug-likeness (QED) is 0.652. The van der Waals surface area contributed by atoms with E-state index in [2.05, 4.69) is 10.6 Å². The van der Waals surface area contributed by atoms with Crippen molar-refractivity contribution in [3.05, 3.63) is 35.9 Å². The molecule has 0 fully saturated rings. The molecular weight excluding hydrogens is 310 g/mol. The molecule has 0 heterocycles. The van der Waals surface area contributed by atoms with Crippen molar-refractivity contribution in [3.63, 3.8) is 0 Å². The van der Waals surface area contributed by atoms with E-state index in [0.29, 0.717) is 0 Å². The maximum Gasteiger partial charge on any atom is 0.326 e. The largest absolute Gasteiger partial charge is 0.480 e. The van der Waals surface area contributed by atoms with Gasteiger partial charge in [-0.3, -0.25) is 9.59 Å². The van der Waals surface area contributed by atoms with Crippen LogP contribution in [-0.2, 0) is 20.8 Å². The monoisotopic (exact) mass is 331 g/mol. The first-order chi connectivity index (χ1) is 11.3. The van der Waals surface area contributed by atoms with Gasteiger partial charge in [-0.25, -0.2) is 4.79 Å². The molecular formula is C17H21N3O4. The second kappa shape index (κ2) is 9.30. The Labute approximate surface area is 140 Å². The van der Waals surface area contributed by atoms with E-state index in [4.69, 9.17) is 5.26 Å². The number of carboxylic acid groups (broad SMARTS) is 1. The van der Waals surface area contributed by atoms with Crippen LogP contribution >= 0.6 is 0 Å². The standard InChI is InChI=1S/C17H21N3O4/c1-11(10-18)8-15(17(23)24)20-16(22)14(19-12(2)21)9-13-6-4-3-5-7-13/h3-7,11,14-15H,8-9H2,1-2H3,(H,19,21)(H,20,22)(H,23,24)/t11-,14-,15+/m0/s1. The van der Waals surface area contributed by atoms with Gasteiger partial charge in [0.05, 0.1) is 6.07 Å². The lowest BCUT2D eigenvalue weighted by Crippen LogP contribution is -2.52. The van der Waals surface area contributed by atoms with E-state index in [1.54, 1.807) is 6.92 Å². The van der Waals surface area contributed by atoms with Crippen molar-refractivity contribution >= 4 is 17.8 Å². The summed E-state index contributed by atoms with van der Waals surface area (Å²) in [6.07, 6.45) is 0.238. The molecule has 7 nitrogen and oxygen atoms in total. The summed E-state index contributed by atoms with van der Waals surface area (Å²) >= 11 is 0. The fraction of sp³-hybridized carbons (Fsp3) is 0.412. The zero-order valence-electron chi connectivity index (χ0n) is 13.7. The van der Waals surface area contributed by atoms with E-state index in [0.717, 1.165) is 5.56 Å². The van der Waals surface area contributed by atoms with Gasteiger partial charge in [0.2, 0.25) is 11.8 Å². The van der Waals surface area contributed by atoms with Gasteiger partial charge >= 0.3 is 5.97 Å². The zero-order valence-corrected chi connectivity index (χ0v) is 13.7. The van der Waals surface area contributed by atoms with Crippen LogP contribution in [0.15, 0.2) is 30.3 Å². The van der Waals surface area contributed by atoms with Crippen LogP contribution < -0.4 is 10.6 Å². The van der Waals surface area contributed by atoms with E-state index < -0.39 is 29.9 Å². The average molecular weight is 331 g/mol. The van der Waals surface area contributed by atoms with Gasteiger partial charge in [-0.15, -0.1) is 0 Å². The minimum atomic E-state index is -1.22. The minimum Gasteiger partial charge on any atom is -0.480 e. The highest BCUT2D eigenvalue weighted by molar-refractivity contribution is 5.90. The number of carboxylic acids is 1. The van der Waals surface area contributed by atoms with Gasteiger partial charge in [-0.1, -0.05) is 30.3 Å². The molecule has 1 aromatic rings. The predicted molar refractivity (Wildman–Crippen MR) is 86.7 cm³/mol. The van der Waals surface area contributed by atoms with Gasteiger partial charge in [-0.05, 0) is 18.9 Å². The number of nitrogens with zero attached hydrogens (tertiary/aromatic N) is 1. The molecule has 2 amide bonds. The number of hydrogen-bond donors (Lipinski definition) is 3. The predicted octanol–water partition coefficient (Wildman–Crippen LogP) is 0.853. The van der Waals surface area contributed by atoms with Gasteiger partial charge < -0.3 is 15.7 Å². The highest BCUT2D eigenvalue weighted by Crippen LogP contribution is 2.08. The summed E-state index contributed by atoms with van der Waals surface area (Å²) in [6.45, 7) is 2.87. The van der Waals surface area contributed by atoms with Gasteiger partial charge in [0.15, 0.2) is 0 Å². The topological polar surface area (TPSA) is 119 Å². The van der Waals surface area contributed by atoms with Crippen LogP contribution in [0, 0.1) is 17.2 Å². The summed E-state index contributed by atoms with van der Waals surface area (Å²) in [5.74, 6) is -2.71. The van der Waals surface area contributed by atoms with Crippen molar-refractivity contribution in [2.24, 2.45) is 5.92 Å². The van der Waals surface area contributed by atoms with E-state index >= 15 is 0 Å². The SMILES string of the molecule is CC(=O)N[C@@H](Cc1ccccc1)C(=O)N[C@H](C[C@H](C)C#N)C(=O)O. The van der Waals surface area contributed by atoms with Gasteiger partial charge in [0.25, 0.3) is 0 Å². The van der Waals surface area contributed by atoms with Crippen molar-refractivity contribution < 1.29 is 19.5 Å². The normalized spacial score (nSPS) is 13.9. The lowest BCUT2D eigenvalue weighted by atomic mass is 10.0. The molecule has 0 saturated heterocycles. The zero-order chi connectivity index (χ0) is 18.1. The summed E-state index contributed by atoms with van der Waals surface area (Å²) in [6, 6.07) is 8.96. The molecule has 0 aromatic heterocycles. The second-order valence-corrected chi connectivity index (χ2v) is 5.61. The lowest BCUT2D eigenvalue weighted by Gasteiger charge is -2.21. The Balaban J connectivity index is 2.84. The molecule has 0 radical (unpaired) electrons. The summed E-state index contributed by atoms with van der Waals surface area (Å²) in [5.41, 5.74) is 0.837. The molecule has 3 atom stereocenters. The molecule has 1 rings (SSSR count). The Morgan fingerprint density at radius 1 is 1.17 bits per heavy atom. The first kappa shape index (κ1) is 19.2. The van der Waals surface area contributed by atoms with E-state index in [9.17, 15) is 19.5 Å². The third-order valence-corrected chi connectivity index (χ3v) is 3.40. The third-order valence-electron chi connectivity index (χ3n) is 3.40. The van der Waals surface area contributed by atoms with E-state index in [1.807, 2.05) is 36.4 Å². The van der Waals surface area contributed by atoms with Gasteiger partial charge in [-0.2, -0.15) is 5.26 Å². The molecule has 24 heavy (non-hydrogen) atoms. The summed E-state index contributed by atoms with van der Waals surface area (Å²) in [5, 5.41) is 23.0. The van der Waals surface area contributed by atoms with Crippen molar-refractivity contribution in [2.75, 3.05) is 0 Å². The summed E-state index contributed by atoms with van der Waals surface area (Å²) in [4.78, 5) is 35.0. The van der Waals surface area contributed by atoms with Crippen LogP contribution in [0.25, 0.3) is 0 Å². The Hall–Kier alpha value is -2.88. The fourth-order valence-corrected chi connectivity index (χ4v) is 2.20. The molecule has 0 aliphatic carbocycles. The molecule has 0 saturated carbocycles. The number of amides is 2. The van der Waals surface area contributed by atoms with Crippen molar-refractivity contribution in [1.82, 2.24) is 10.6 Å². The number of carbonyl (C=O) groups excluding carboxylic acids is 2. The van der Waals surface area contributed by atoms with Crippen LogP contribution in [0.2, 0.25) is 0 Å². The molecule has 0 unspecified atom stereocenters. The van der Waals surface area contributed by atoms with E-state index in [1.165, 1.54) is 6.92 Å². The number of carbonyl (C=O) groups is 3. The number of hydrogen-bond acceptors (Lipinski definition) is 4. The average Bonchev–Trinajstić information content (AvgIpc) is 2.53. The summed E-state index contributed by atoms with van der Waals surface area (Å²) < 4.78 is 0. The lowest BCUT2D eigenvalue weighted by molar-refractivity contribution is -0.142. The number of benzene rings is 1. The maximum atomic E-state index is 12.4. The molecule has 1 aromatic carbocycles. The van der Waals surface area contributed by atoms with Gasteiger partial charge in [0.1, 0.15) is 12.1 Å². The molecule has 0 aliphatic heterocycles. The van der Waals surface area contributed by atoms with Crippen molar-refractivity contribution in [1.29, 1.82) is 5.26 Å². The number of nitrogens with one attached hydrogen (secondary N) is 2. The Kier molecular flexibility index (Phi) is 7.43. The van der Waals surface area contributed by atoms with Crippen molar-refractivity contribution in [2.45, 2.75) is 38.8 Å². The molecule has 0 spiro atoms. The second-order valence-electron chi connectivity index (χ2n) is 5.61. The first-order valence-corrected chi connectivity index (χ1v) is 7.57. The minimum absolute atomic E-state index is 0.00426. The molecule has 0 bridgehead atoms. The Morgan fingerprint density at radius 3 is 2.29 bits per heavy atom. The van der Waals surface area contributed by atoms with Crippen LogP contribution in [-0.4, -0.2) is 35.0 Å². The van der Waals surface area contributed by atoms with Crippen LogP contribution in [0.1, 0.15) is 25.8 Å². The third kappa shape index (κ3) is 6.48. The van der Waals surface area contributed by atoms with Crippen LogP contribution in [0.4, 0.5) is 0 Å². The van der Waals surface area contributed by atoms with Crippen LogP contribution in [0.5, 0.6) is 0 Å². The number of nitriles is 1. The maximum absolute atomic E-state index is 12.4. The number of aliphatic carboxylic acids is 1. The number of rotatable bonds is 8. The fourth-order valence-electron chi connectivity index (χ4n) is 2.20. The molecule has 7 heteroatoms. The van der Waals surface area contributed by atoms with Crippen LogP contribution in [0.3, 0.4) is 0 Å². The van der Waals surface area contributed by atoms with Crippen molar-refractivity contribution in [3.8, 4) is 6.07 Å². The molecule has 3 N–H and O–H groups in total. The highest BCUT2D eigenvalue weighted by atomic mass is 16.4. The van der Waals surface area contributed by atoms with Gasteiger partial charge in [0, 0.05) is 19.3 Å². The molecule has 128 valence electrons. The molecule has 0 aliphatic rings. The van der Waals surface area contributed by atoms with E-state index in [-0.39, 0.29) is 18.7 Å². The highest BCUT2D eigenvalue weighted by Gasteiger charge is 2.27. The smallest absolute Gasteiger partial charge is 0.326 e. The Bertz CT molecular complexity index is 624. The first-order valence-electron chi connectivity index (χ1n) is 7.57.